The molecule has 0 saturated heterocycles. The number of nitro benzene ring substituents is 1. The van der Waals surface area contributed by atoms with Gasteiger partial charge in [-0.1, -0.05) is 23.2 Å². The minimum atomic E-state index is -0.494. The Bertz CT molecular complexity index is 681. The Kier molecular flexibility index (Phi) is 4.77. The first kappa shape index (κ1) is 15.3. The van der Waals surface area contributed by atoms with Crippen LogP contribution in [0.5, 0.6) is 0 Å². The second-order valence-electron chi connectivity index (χ2n) is 4.02. The van der Waals surface area contributed by atoms with E-state index >= 15 is 0 Å². The zero-order valence-corrected chi connectivity index (χ0v) is 12.4. The van der Waals surface area contributed by atoms with E-state index in [0.717, 1.165) is 0 Å². The third-order valence-corrected chi connectivity index (χ3v) is 3.38. The molecular formula is C12H11Cl2N5O2. The van der Waals surface area contributed by atoms with E-state index in [1.165, 1.54) is 18.5 Å². The fourth-order valence-corrected chi connectivity index (χ4v) is 2.16. The maximum atomic E-state index is 10.7. The van der Waals surface area contributed by atoms with Gasteiger partial charge in [0.05, 0.1) is 9.95 Å². The molecule has 0 bridgehead atoms. The number of benzene rings is 1. The largest absolute Gasteiger partial charge is 0.383 e. The minimum Gasteiger partial charge on any atom is -0.383 e. The molecule has 0 saturated carbocycles. The van der Waals surface area contributed by atoms with Gasteiger partial charge in [-0.2, -0.15) is 0 Å². The third-order valence-electron chi connectivity index (χ3n) is 2.74. The van der Waals surface area contributed by atoms with Crippen molar-refractivity contribution in [1.82, 2.24) is 9.97 Å². The quantitative estimate of drug-likeness (QED) is 0.497. The van der Waals surface area contributed by atoms with E-state index in [4.69, 9.17) is 23.2 Å². The molecule has 0 fully saturated rings. The molecular weight excluding hydrogens is 317 g/mol. The SMILES string of the molecule is CNc1c(Cl)ncnc1NCc1ccc([N+](=O)[O-])cc1Cl. The van der Waals surface area contributed by atoms with Crippen LogP contribution in [0.2, 0.25) is 10.2 Å². The van der Waals surface area contributed by atoms with Gasteiger partial charge in [-0.15, -0.1) is 0 Å². The number of hydrogen-bond donors (Lipinski definition) is 2. The fourth-order valence-electron chi connectivity index (χ4n) is 1.69. The van der Waals surface area contributed by atoms with Crippen molar-refractivity contribution in [2.45, 2.75) is 6.54 Å². The van der Waals surface area contributed by atoms with Gasteiger partial charge in [-0.25, -0.2) is 9.97 Å². The number of non-ortho nitro benzene ring substituents is 1. The third kappa shape index (κ3) is 3.50. The highest BCUT2D eigenvalue weighted by molar-refractivity contribution is 6.32. The smallest absolute Gasteiger partial charge is 0.270 e. The molecule has 110 valence electrons. The predicted octanol–water partition coefficient (Wildman–Crippen LogP) is 3.35. The molecule has 1 aromatic carbocycles. The van der Waals surface area contributed by atoms with Gasteiger partial charge in [0.25, 0.3) is 5.69 Å². The molecule has 2 aromatic rings. The van der Waals surface area contributed by atoms with E-state index in [-0.39, 0.29) is 5.69 Å². The van der Waals surface area contributed by atoms with Crippen molar-refractivity contribution < 1.29 is 4.92 Å². The first-order chi connectivity index (χ1) is 10.0. The molecule has 2 rings (SSSR count). The second kappa shape index (κ2) is 6.55. The summed E-state index contributed by atoms with van der Waals surface area (Å²) in [5.74, 6) is 0.520. The van der Waals surface area contributed by atoms with Crippen molar-refractivity contribution in [1.29, 1.82) is 0 Å². The number of hydrogen-bond acceptors (Lipinski definition) is 6. The van der Waals surface area contributed by atoms with Gasteiger partial charge >= 0.3 is 0 Å². The van der Waals surface area contributed by atoms with Gasteiger partial charge in [0.15, 0.2) is 11.0 Å². The summed E-state index contributed by atoms with van der Waals surface area (Å²) in [6, 6.07) is 4.30. The first-order valence-electron chi connectivity index (χ1n) is 5.88. The van der Waals surface area contributed by atoms with E-state index in [1.54, 1.807) is 13.1 Å². The summed E-state index contributed by atoms with van der Waals surface area (Å²) in [6.07, 6.45) is 1.34. The lowest BCUT2D eigenvalue weighted by Crippen LogP contribution is -2.06. The highest BCUT2D eigenvalue weighted by Gasteiger charge is 2.11. The lowest BCUT2D eigenvalue weighted by Gasteiger charge is -2.11. The highest BCUT2D eigenvalue weighted by atomic mass is 35.5. The van der Waals surface area contributed by atoms with E-state index in [9.17, 15) is 10.1 Å². The van der Waals surface area contributed by atoms with Crippen LogP contribution in [0.1, 0.15) is 5.56 Å². The summed E-state index contributed by atoms with van der Waals surface area (Å²) in [7, 11) is 1.70. The number of rotatable bonds is 5. The zero-order chi connectivity index (χ0) is 15.4. The topological polar surface area (TPSA) is 93.0 Å². The number of aromatic nitrogens is 2. The van der Waals surface area contributed by atoms with Gasteiger partial charge in [0.1, 0.15) is 12.0 Å². The van der Waals surface area contributed by atoms with Crippen molar-refractivity contribution >= 4 is 40.4 Å². The van der Waals surface area contributed by atoms with E-state index in [1.807, 2.05) is 0 Å². The summed E-state index contributed by atoms with van der Waals surface area (Å²) in [5.41, 5.74) is 1.22. The first-order valence-corrected chi connectivity index (χ1v) is 6.63. The van der Waals surface area contributed by atoms with E-state index < -0.39 is 4.92 Å². The van der Waals surface area contributed by atoms with Gasteiger partial charge < -0.3 is 10.6 Å². The monoisotopic (exact) mass is 327 g/mol. The molecule has 0 amide bonds. The molecule has 0 aliphatic heterocycles. The van der Waals surface area contributed by atoms with Gasteiger partial charge in [-0.3, -0.25) is 10.1 Å². The molecule has 0 unspecified atom stereocenters. The lowest BCUT2D eigenvalue weighted by molar-refractivity contribution is -0.384. The Balaban J connectivity index is 2.17. The lowest BCUT2D eigenvalue weighted by atomic mass is 10.2. The zero-order valence-electron chi connectivity index (χ0n) is 10.9. The number of nitro groups is 1. The van der Waals surface area contributed by atoms with Crippen LogP contribution in [-0.4, -0.2) is 21.9 Å². The predicted molar refractivity (Wildman–Crippen MR) is 82.0 cm³/mol. The van der Waals surface area contributed by atoms with Crippen molar-refractivity contribution in [2.75, 3.05) is 17.7 Å². The molecule has 7 nitrogen and oxygen atoms in total. The Morgan fingerprint density at radius 1 is 1.33 bits per heavy atom. The summed E-state index contributed by atoms with van der Waals surface area (Å²) < 4.78 is 0. The van der Waals surface area contributed by atoms with Crippen LogP contribution in [-0.2, 0) is 6.54 Å². The van der Waals surface area contributed by atoms with Gasteiger partial charge in [0, 0.05) is 25.7 Å². The Morgan fingerprint density at radius 3 is 2.71 bits per heavy atom. The van der Waals surface area contributed by atoms with Crippen molar-refractivity contribution in [3.8, 4) is 0 Å². The normalized spacial score (nSPS) is 10.2. The number of nitrogens with zero attached hydrogens (tertiary/aromatic N) is 3. The van der Waals surface area contributed by atoms with Crippen LogP contribution in [0.4, 0.5) is 17.2 Å². The molecule has 1 heterocycles. The van der Waals surface area contributed by atoms with E-state index in [2.05, 4.69) is 20.6 Å². The summed E-state index contributed by atoms with van der Waals surface area (Å²) >= 11 is 12.0. The van der Waals surface area contributed by atoms with Crippen molar-refractivity contribution in [2.24, 2.45) is 0 Å². The molecule has 1 aromatic heterocycles. The average Bonchev–Trinajstić information content (AvgIpc) is 2.45. The number of anilines is 2. The minimum absolute atomic E-state index is 0.0512. The summed E-state index contributed by atoms with van der Waals surface area (Å²) in [5, 5.41) is 17.2. The molecule has 0 spiro atoms. The number of halogens is 2. The van der Waals surface area contributed by atoms with E-state index in [0.29, 0.717) is 33.8 Å². The molecule has 2 N–H and O–H groups in total. The Morgan fingerprint density at radius 2 is 2.10 bits per heavy atom. The van der Waals surface area contributed by atoms with Crippen LogP contribution < -0.4 is 10.6 Å². The van der Waals surface area contributed by atoms with Crippen LogP contribution in [0.25, 0.3) is 0 Å². The summed E-state index contributed by atoms with van der Waals surface area (Å²) in [4.78, 5) is 18.1. The Labute approximate surface area is 130 Å². The maximum Gasteiger partial charge on any atom is 0.270 e. The maximum absolute atomic E-state index is 10.7. The standard InChI is InChI=1S/C12H11Cl2N5O2/c1-15-10-11(14)17-6-18-12(10)16-5-7-2-3-8(19(20)21)4-9(7)13/h2-4,6,15H,5H2,1H3,(H,16,17,18). The van der Waals surface area contributed by atoms with Crippen LogP contribution in [0.15, 0.2) is 24.5 Å². The fraction of sp³-hybridized carbons (Fsp3) is 0.167. The van der Waals surface area contributed by atoms with Crippen molar-refractivity contribution in [3.05, 3.63) is 50.4 Å². The molecule has 0 atom stereocenters. The molecule has 0 aliphatic carbocycles. The van der Waals surface area contributed by atoms with Gasteiger partial charge in [0.2, 0.25) is 0 Å². The molecule has 0 aliphatic rings. The van der Waals surface area contributed by atoms with Crippen molar-refractivity contribution in [3.63, 3.8) is 0 Å². The Hall–Kier alpha value is -2.12. The number of nitrogens with one attached hydrogen (secondary N) is 2. The molecule has 9 heteroatoms. The molecule has 0 radical (unpaired) electrons. The van der Waals surface area contributed by atoms with Gasteiger partial charge in [-0.05, 0) is 11.6 Å². The average molecular weight is 328 g/mol. The van der Waals surface area contributed by atoms with Crippen LogP contribution in [0.3, 0.4) is 0 Å². The molecule has 21 heavy (non-hydrogen) atoms. The van der Waals surface area contributed by atoms with Crippen LogP contribution >= 0.6 is 23.2 Å². The van der Waals surface area contributed by atoms with Crippen LogP contribution in [0, 0.1) is 10.1 Å². The highest BCUT2D eigenvalue weighted by Crippen LogP contribution is 2.27. The summed E-state index contributed by atoms with van der Waals surface area (Å²) in [6.45, 7) is 0.346. The second-order valence-corrected chi connectivity index (χ2v) is 4.79.